The molecular weight excluding hydrogens is 409 g/mol. The van der Waals surface area contributed by atoms with Gasteiger partial charge in [0, 0.05) is 30.8 Å². The van der Waals surface area contributed by atoms with Crippen LogP contribution in [0.15, 0.2) is 30.3 Å². The van der Waals surface area contributed by atoms with Crippen LogP contribution in [0.4, 0.5) is 13.2 Å². The Morgan fingerprint density at radius 3 is 2.68 bits per heavy atom. The molecule has 1 saturated heterocycles. The maximum Gasteiger partial charge on any atom is 0.433 e. The summed E-state index contributed by atoms with van der Waals surface area (Å²) in [7, 11) is 1.61. The first-order valence-corrected chi connectivity index (χ1v) is 10.2. The van der Waals surface area contributed by atoms with Gasteiger partial charge in [-0.3, -0.25) is 4.90 Å². The molecule has 0 radical (unpaired) electrons. The fraction of sp³-hybridized carbons (Fsp3) is 0.455. The number of nitrogens with zero attached hydrogens (tertiary/aromatic N) is 4. The summed E-state index contributed by atoms with van der Waals surface area (Å²) in [6.07, 6.45) is -3.65. The predicted octanol–water partition coefficient (Wildman–Crippen LogP) is 4.45. The van der Waals surface area contributed by atoms with Crippen molar-refractivity contribution in [1.29, 1.82) is 0 Å². The minimum absolute atomic E-state index is 0.0627. The molecule has 1 aliphatic rings. The number of methoxy groups -OCH3 is 1. The molecule has 3 heterocycles. The van der Waals surface area contributed by atoms with Crippen LogP contribution < -0.4 is 9.47 Å². The SMILES string of the molecule is CCOc1ccc(CN2CCC(c3cc4nc(C)cc(C(F)(F)F)n4n3)C2)cc1OC. The lowest BCUT2D eigenvalue weighted by atomic mass is 10.1. The molecule has 31 heavy (non-hydrogen) atoms. The van der Waals surface area contributed by atoms with E-state index in [-0.39, 0.29) is 11.6 Å². The van der Waals surface area contributed by atoms with Gasteiger partial charge in [0.15, 0.2) is 17.1 Å². The number of rotatable bonds is 6. The van der Waals surface area contributed by atoms with Gasteiger partial charge in [0.2, 0.25) is 0 Å². The topological polar surface area (TPSA) is 51.9 Å². The highest BCUT2D eigenvalue weighted by molar-refractivity contribution is 5.44. The molecule has 9 heteroatoms. The van der Waals surface area contributed by atoms with Crippen molar-refractivity contribution in [3.63, 3.8) is 0 Å². The molecule has 3 aromatic rings. The predicted molar refractivity (Wildman–Crippen MR) is 110 cm³/mol. The third-order valence-corrected chi connectivity index (χ3v) is 5.49. The molecular formula is C22H25F3N4O2. The fourth-order valence-corrected chi connectivity index (χ4v) is 4.08. The van der Waals surface area contributed by atoms with E-state index in [1.165, 1.54) is 0 Å². The Kier molecular flexibility index (Phi) is 5.79. The zero-order valence-corrected chi connectivity index (χ0v) is 17.7. The Morgan fingerprint density at radius 1 is 1.16 bits per heavy atom. The molecule has 166 valence electrons. The van der Waals surface area contributed by atoms with Gasteiger partial charge in [0.25, 0.3) is 0 Å². The van der Waals surface area contributed by atoms with Crippen LogP contribution in [0.2, 0.25) is 0 Å². The maximum absolute atomic E-state index is 13.4. The zero-order chi connectivity index (χ0) is 22.2. The first-order valence-electron chi connectivity index (χ1n) is 10.2. The van der Waals surface area contributed by atoms with Gasteiger partial charge >= 0.3 is 6.18 Å². The van der Waals surface area contributed by atoms with E-state index < -0.39 is 11.9 Å². The lowest BCUT2D eigenvalue weighted by Gasteiger charge is -2.17. The van der Waals surface area contributed by atoms with E-state index in [1.807, 2.05) is 25.1 Å². The van der Waals surface area contributed by atoms with E-state index in [0.29, 0.717) is 29.5 Å². The molecule has 2 aromatic heterocycles. The number of fused-ring (bicyclic) bond motifs is 1. The number of benzene rings is 1. The van der Waals surface area contributed by atoms with Gasteiger partial charge in [-0.05, 0) is 50.6 Å². The molecule has 4 rings (SSSR count). The Bertz CT molecular complexity index is 1080. The van der Waals surface area contributed by atoms with Crippen molar-refractivity contribution >= 4 is 5.65 Å². The van der Waals surface area contributed by atoms with Gasteiger partial charge in [-0.1, -0.05) is 6.07 Å². The van der Waals surface area contributed by atoms with E-state index in [0.717, 1.165) is 42.2 Å². The third-order valence-electron chi connectivity index (χ3n) is 5.49. The summed E-state index contributed by atoms with van der Waals surface area (Å²) in [6.45, 7) is 6.33. The van der Waals surface area contributed by atoms with Crippen LogP contribution in [-0.2, 0) is 12.7 Å². The fourth-order valence-electron chi connectivity index (χ4n) is 4.08. The summed E-state index contributed by atoms with van der Waals surface area (Å²) in [5.41, 5.74) is 1.50. The van der Waals surface area contributed by atoms with Crippen LogP contribution in [-0.4, -0.2) is 46.3 Å². The van der Waals surface area contributed by atoms with Gasteiger partial charge in [-0.2, -0.15) is 18.3 Å². The number of aryl methyl sites for hydroxylation is 1. The second-order valence-corrected chi connectivity index (χ2v) is 7.76. The van der Waals surface area contributed by atoms with Crippen LogP contribution in [0.3, 0.4) is 0 Å². The highest BCUT2D eigenvalue weighted by atomic mass is 19.4. The molecule has 6 nitrogen and oxygen atoms in total. The first kappa shape index (κ1) is 21.4. The minimum Gasteiger partial charge on any atom is -0.493 e. The maximum atomic E-state index is 13.4. The molecule has 1 fully saturated rings. The Labute approximate surface area is 178 Å². The average molecular weight is 434 g/mol. The number of halogens is 3. The Morgan fingerprint density at radius 2 is 1.97 bits per heavy atom. The lowest BCUT2D eigenvalue weighted by molar-refractivity contribution is -0.142. The molecule has 0 spiro atoms. The van der Waals surface area contributed by atoms with Crippen molar-refractivity contribution in [3.05, 3.63) is 53.0 Å². The van der Waals surface area contributed by atoms with E-state index in [2.05, 4.69) is 15.0 Å². The summed E-state index contributed by atoms with van der Waals surface area (Å²) >= 11 is 0. The molecule has 0 N–H and O–H groups in total. The second-order valence-electron chi connectivity index (χ2n) is 7.76. The number of hydrogen-bond donors (Lipinski definition) is 0. The van der Waals surface area contributed by atoms with Crippen molar-refractivity contribution in [1.82, 2.24) is 19.5 Å². The minimum atomic E-state index is -4.48. The average Bonchev–Trinajstić information content (AvgIpc) is 3.34. The van der Waals surface area contributed by atoms with Crippen LogP contribution in [0, 0.1) is 6.92 Å². The standard InChI is InChI=1S/C22H25F3N4O2/c1-4-31-18-6-5-15(10-19(18)30-3)12-28-8-7-16(13-28)17-11-21-26-14(2)9-20(22(23,24)25)29(21)27-17/h5-6,9-11,16H,4,7-8,12-13H2,1-3H3. The molecule has 1 aromatic carbocycles. The van der Waals surface area contributed by atoms with Gasteiger partial charge in [-0.15, -0.1) is 0 Å². The lowest BCUT2D eigenvalue weighted by Crippen LogP contribution is -2.20. The highest BCUT2D eigenvalue weighted by Gasteiger charge is 2.35. The van der Waals surface area contributed by atoms with Crippen molar-refractivity contribution in [2.24, 2.45) is 0 Å². The van der Waals surface area contributed by atoms with Crippen molar-refractivity contribution in [3.8, 4) is 11.5 Å². The largest absolute Gasteiger partial charge is 0.493 e. The number of alkyl halides is 3. The van der Waals surface area contributed by atoms with Gasteiger partial charge in [-0.25, -0.2) is 9.50 Å². The molecule has 1 atom stereocenters. The van der Waals surface area contributed by atoms with Gasteiger partial charge in [0.05, 0.1) is 19.4 Å². The molecule has 0 aliphatic carbocycles. The number of likely N-dealkylation sites (tertiary alicyclic amines) is 1. The number of ether oxygens (including phenoxy) is 2. The normalized spacial score (nSPS) is 17.4. The summed E-state index contributed by atoms with van der Waals surface area (Å²) in [4.78, 5) is 6.50. The number of aromatic nitrogens is 3. The molecule has 0 amide bonds. The summed E-state index contributed by atoms with van der Waals surface area (Å²) in [5.74, 6) is 1.46. The Balaban J connectivity index is 1.51. The van der Waals surface area contributed by atoms with E-state index in [9.17, 15) is 13.2 Å². The van der Waals surface area contributed by atoms with E-state index >= 15 is 0 Å². The van der Waals surface area contributed by atoms with Gasteiger partial charge in [0.1, 0.15) is 5.69 Å². The van der Waals surface area contributed by atoms with Crippen LogP contribution in [0.5, 0.6) is 11.5 Å². The summed E-state index contributed by atoms with van der Waals surface area (Å²) < 4.78 is 52.1. The van der Waals surface area contributed by atoms with Gasteiger partial charge < -0.3 is 9.47 Å². The third kappa shape index (κ3) is 4.46. The highest BCUT2D eigenvalue weighted by Crippen LogP contribution is 2.33. The molecule has 1 aliphatic heterocycles. The smallest absolute Gasteiger partial charge is 0.433 e. The molecule has 0 bridgehead atoms. The van der Waals surface area contributed by atoms with Crippen LogP contribution in [0.1, 0.15) is 41.9 Å². The van der Waals surface area contributed by atoms with Crippen LogP contribution >= 0.6 is 0 Å². The zero-order valence-electron chi connectivity index (χ0n) is 17.7. The van der Waals surface area contributed by atoms with E-state index in [1.54, 1.807) is 20.1 Å². The Hall–Kier alpha value is -2.81. The summed E-state index contributed by atoms with van der Waals surface area (Å²) in [5, 5.41) is 4.27. The van der Waals surface area contributed by atoms with E-state index in [4.69, 9.17) is 9.47 Å². The quantitative estimate of drug-likeness (QED) is 0.574. The molecule has 1 unspecified atom stereocenters. The molecule has 0 saturated carbocycles. The van der Waals surface area contributed by atoms with Crippen molar-refractivity contribution in [2.45, 2.75) is 38.9 Å². The van der Waals surface area contributed by atoms with Crippen LogP contribution in [0.25, 0.3) is 5.65 Å². The first-order chi connectivity index (χ1) is 14.8. The monoisotopic (exact) mass is 434 g/mol. The number of hydrogen-bond acceptors (Lipinski definition) is 5. The van der Waals surface area contributed by atoms with Crippen molar-refractivity contribution in [2.75, 3.05) is 26.8 Å². The van der Waals surface area contributed by atoms with Crippen molar-refractivity contribution < 1.29 is 22.6 Å². The summed E-state index contributed by atoms with van der Waals surface area (Å²) in [6, 6.07) is 8.58. The second kappa shape index (κ2) is 8.37.